The SMILES string of the molecule is Cc1ncn(CC2CNC(=O)C2)c1C. The monoisotopic (exact) mass is 193 g/mol. The van der Waals surface area contributed by atoms with E-state index < -0.39 is 0 Å². The number of hydrogen-bond donors (Lipinski definition) is 1. The zero-order chi connectivity index (χ0) is 10.1. The van der Waals surface area contributed by atoms with Gasteiger partial charge < -0.3 is 9.88 Å². The van der Waals surface area contributed by atoms with Gasteiger partial charge in [-0.15, -0.1) is 0 Å². The summed E-state index contributed by atoms with van der Waals surface area (Å²) in [6.45, 7) is 5.76. The second-order valence-electron chi connectivity index (χ2n) is 3.94. The minimum atomic E-state index is 0.171. The highest BCUT2D eigenvalue weighted by Crippen LogP contribution is 2.14. The van der Waals surface area contributed by atoms with Crippen molar-refractivity contribution in [3.63, 3.8) is 0 Å². The summed E-state index contributed by atoms with van der Waals surface area (Å²) in [7, 11) is 0. The predicted molar refractivity (Wildman–Crippen MR) is 52.8 cm³/mol. The first-order chi connectivity index (χ1) is 6.66. The van der Waals surface area contributed by atoms with Crippen molar-refractivity contribution >= 4 is 5.91 Å². The van der Waals surface area contributed by atoms with Crippen LogP contribution < -0.4 is 5.32 Å². The van der Waals surface area contributed by atoms with Crippen LogP contribution in [0.25, 0.3) is 0 Å². The highest BCUT2D eigenvalue weighted by atomic mass is 16.1. The fourth-order valence-electron chi connectivity index (χ4n) is 1.80. The third-order valence-corrected chi connectivity index (χ3v) is 2.86. The van der Waals surface area contributed by atoms with Crippen LogP contribution >= 0.6 is 0 Å². The Labute approximate surface area is 83.3 Å². The van der Waals surface area contributed by atoms with Gasteiger partial charge in [-0.3, -0.25) is 4.79 Å². The number of aromatic nitrogens is 2. The minimum Gasteiger partial charge on any atom is -0.356 e. The van der Waals surface area contributed by atoms with Gasteiger partial charge in [0.2, 0.25) is 5.91 Å². The second kappa shape index (κ2) is 3.44. The lowest BCUT2D eigenvalue weighted by Crippen LogP contribution is -2.16. The van der Waals surface area contributed by atoms with Crippen LogP contribution in [-0.4, -0.2) is 22.0 Å². The number of imidazole rings is 1. The van der Waals surface area contributed by atoms with Crippen molar-refractivity contribution in [3.8, 4) is 0 Å². The molecular formula is C10H15N3O. The van der Waals surface area contributed by atoms with Crippen LogP contribution in [0, 0.1) is 19.8 Å². The Morgan fingerprint density at radius 2 is 2.43 bits per heavy atom. The van der Waals surface area contributed by atoms with Crippen LogP contribution in [0.1, 0.15) is 17.8 Å². The van der Waals surface area contributed by atoms with Gasteiger partial charge >= 0.3 is 0 Å². The smallest absolute Gasteiger partial charge is 0.220 e. The van der Waals surface area contributed by atoms with Crippen LogP contribution in [0.15, 0.2) is 6.33 Å². The molecule has 1 fully saturated rings. The molecule has 1 unspecified atom stereocenters. The van der Waals surface area contributed by atoms with Crippen molar-refractivity contribution in [2.24, 2.45) is 5.92 Å². The van der Waals surface area contributed by atoms with Crippen LogP contribution in [0.3, 0.4) is 0 Å². The van der Waals surface area contributed by atoms with Crippen molar-refractivity contribution in [2.45, 2.75) is 26.8 Å². The fourth-order valence-corrected chi connectivity index (χ4v) is 1.80. The molecule has 1 aliphatic heterocycles. The topological polar surface area (TPSA) is 46.9 Å². The maximum Gasteiger partial charge on any atom is 0.220 e. The zero-order valence-corrected chi connectivity index (χ0v) is 8.58. The molecule has 14 heavy (non-hydrogen) atoms. The molecule has 76 valence electrons. The van der Waals surface area contributed by atoms with Crippen LogP contribution in [0.5, 0.6) is 0 Å². The Hall–Kier alpha value is -1.32. The average molecular weight is 193 g/mol. The second-order valence-corrected chi connectivity index (χ2v) is 3.94. The molecule has 1 amide bonds. The van der Waals surface area contributed by atoms with E-state index in [0.717, 1.165) is 18.8 Å². The van der Waals surface area contributed by atoms with Crippen molar-refractivity contribution < 1.29 is 4.79 Å². The van der Waals surface area contributed by atoms with Crippen molar-refractivity contribution in [2.75, 3.05) is 6.54 Å². The first kappa shape index (κ1) is 9.24. The molecule has 1 saturated heterocycles. The van der Waals surface area contributed by atoms with Crippen molar-refractivity contribution in [3.05, 3.63) is 17.7 Å². The number of amides is 1. The summed E-state index contributed by atoms with van der Waals surface area (Å²) in [6, 6.07) is 0. The first-order valence-corrected chi connectivity index (χ1v) is 4.92. The third-order valence-electron chi connectivity index (χ3n) is 2.86. The zero-order valence-electron chi connectivity index (χ0n) is 8.58. The third kappa shape index (κ3) is 1.64. The van der Waals surface area contributed by atoms with Gasteiger partial charge in [-0.1, -0.05) is 0 Å². The van der Waals surface area contributed by atoms with E-state index >= 15 is 0 Å². The highest BCUT2D eigenvalue weighted by Gasteiger charge is 2.22. The Kier molecular flexibility index (Phi) is 2.27. The van der Waals surface area contributed by atoms with Gasteiger partial charge in [0.1, 0.15) is 0 Å². The lowest BCUT2D eigenvalue weighted by molar-refractivity contribution is -0.119. The van der Waals surface area contributed by atoms with Gasteiger partial charge in [-0.25, -0.2) is 4.98 Å². The molecule has 0 aliphatic carbocycles. The molecule has 1 aromatic rings. The Morgan fingerprint density at radius 1 is 1.64 bits per heavy atom. The number of nitrogens with zero attached hydrogens (tertiary/aromatic N) is 2. The van der Waals surface area contributed by atoms with E-state index in [2.05, 4.69) is 21.8 Å². The molecule has 1 N–H and O–H groups in total. The Balaban J connectivity index is 2.04. The van der Waals surface area contributed by atoms with Gasteiger partial charge in [0.15, 0.2) is 0 Å². The van der Waals surface area contributed by atoms with E-state index in [1.165, 1.54) is 5.69 Å². The molecule has 0 saturated carbocycles. The van der Waals surface area contributed by atoms with Crippen molar-refractivity contribution in [1.82, 2.24) is 14.9 Å². The van der Waals surface area contributed by atoms with E-state index in [4.69, 9.17) is 0 Å². The molecule has 4 heteroatoms. The normalized spacial score (nSPS) is 21.3. The lowest BCUT2D eigenvalue weighted by atomic mass is 10.1. The Morgan fingerprint density at radius 3 is 2.93 bits per heavy atom. The van der Waals surface area contributed by atoms with Crippen LogP contribution in [0.4, 0.5) is 0 Å². The average Bonchev–Trinajstić information content (AvgIpc) is 2.67. The molecular weight excluding hydrogens is 178 g/mol. The molecule has 2 rings (SSSR count). The standard InChI is InChI=1S/C10H15N3O/c1-7-8(2)13(6-12-7)5-9-3-10(14)11-4-9/h6,9H,3-5H2,1-2H3,(H,11,14). The van der Waals surface area contributed by atoms with Gasteiger partial charge in [-0.05, 0) is 13.8 Å². The van der Waals surface area contributed by atoms with Gasteiger partial charge in [-0.2, -0.15) is 0 Å². The number of carbonyl (C=O) groups is 1. The summed E-state index contributed by atoms with van der Waals surface area (Å²) < 4.78 is 2.13. The molecule has 0 aromatic carbocycles. The lowest BCUT2D eigenvalue weighted by Gasteiger charge is -2.09. The molecule has 1 aromatic heterocycles. The predicted octanol–water partition coefficient (Wildman–Crippen LogP) is 0.636. The summed E-state index contributed by atoms with van der Waals surface area (Å²) in [5.41, 5.74) is 2.27. The largest absolute Gasteiger partial charge is 0.356 e. The van der Waals surface area contributed by atoms with E-state index in [-0.39, 0.29) is 5.91 Å². The van der Waals surface area contributed by atoms with Crippen molar-refractivity contribution in [1.29, 1.82) is 0 Å². The number of hydrogen-bond acceptors (Lipinski definition) is 2. The van der Waals surface area contributed by atoms with E-state index in [1.807, 2.05) is 13.3 Å². The number of rotatable bonds is 2. The number of carbonyl (C=O) groups excluding carboxylic acids is 1. The molecule has 0 spiro atoms. The van der Waals surface area contributed by atoms with Crippen LogP contribution in [0.2, 0.25) is 0 Å². The molecule has 4 nitrogen and oxygen atoms in total. The molecule has 0 bridgehead atoms. The van der Waals surface area contributed by atoms with Crippen LogP contribution in [-0.2, 0) is 11.3 Å². The summed E-state index contributed by atoms with van der Waals surface area (Å²) >= 11 is 0. The van der Waals surface area contributed by atoms with Gasteiger partial charge in [0.25, 0.3) is 0 Å². The summed E-state index contributed by atoms with van der Waals surface area (Å²) in [5, 5.41) is 2.84. The number of nitrogens with one attached hydrogen (secondary N) is 1. The molecule has 2 heterocycles. The quantitative estimate of drug-likeness (QED) is 0.749. The van der Waals surface area contributed by atoms with Gasteiger partial charge in [0.05, 0.1) is 12.0 Å². The summed E-state index contributed by atoms with van der Waals surface area (Å²) in [5.74, 6) is 0.597. The first-order valence-electron chi connectivity index (χ1n) is 4.92. The molecule has 1 aliphatic rings. The summed E-state index contributed by atoms with van der Waals surface area (Å²) in [4.78, 5) is 15.2. The van der Waals surface area contributed by atoms with Gasteiger partial charge in [0, 0.05) is 31.1 Å². The molecule has 1 atom stereocenters. The Bertz CT molecular complexity index is 356. The van der Waals surface area contributed by atoms with E-state index in [9.17, 15) is 4.79 Å². The summed E-state index contributed by atoms with van der Waals surface area (Å²) in [6.07, 6.45) is 2.50. The minimum absolute atomic E-state index is 0.171. The van der Waals surface area contributed by atoms with E-state index in [1.54, 1.807) is 0 Å². The highest BCUT2D eigenvalue weighted by molar-refractivity contribution is 5.78. The number of aryl methyl sites for hydroxylation is 1. The van der Waals surface area contributed by atoms with E-state index in [0.29, 0.717) is 12.3 Å². The maximum atomic E-state index is 11.0. The molecule has 0 radical (unpaired) electrons. The maximum absolute atomic E-state index is 11.0. The fraction of sp³-hybridized carbons (Fsp3) is 0.600.